The van der Waals surface area contributed by atoms with Gasteiger partial charge in [0.2, 0.25) is 0 Å². The average molecular weight is 290 g/mol. The van der Waals surface area contributed by atoms with Crippen LogP contribution in [-0.2, 0) is 6.54 Å². The molecule has 0 atom stereocenters. The number of nitrogens with one attached hydrogen (secondary N) is 1. The van der Waals surface area contributed by atoms with E-state index in [1.165, 1.54) is 25.7 Å². The van der Waals surface area contributed by atoms with Crippen molar-refractivity contribution in [1.29, 1.82) is 0 Å². The molecule has 0 radical (unpaired) electrons. The van der Waals surface area contributed by atoms with Crippen molar-refractivity contribution in [3.05, 3.63) is 18.1 Å². The van der Waals surface area contributed by atoms with Crippen molar-refractivity contribution in [3.8, 4) is 0 Å². The summed E-state index contributed by atoms with van der Waals surface area (Å²) in [5.41, 5.74) is 1.02. The summed E-state index contributed by atoms with van der Waals surface area (Å²) in [5.74, 6) is 1.69. The molecule has 1 aliphatic rings. The van der Waals surface area contributed by atoms with Crippen molar-refractivity contribution < 1.29 is 0 Å². The highest BCUT2D eigenvalue weighted by Gasteiger charge is 2.24. The molecule has 1 saturated carbocycles. The molecule has 4 heteroatoms. The molecule has 0 aliphatic heterocycles. The third-order valence-corrected chi connectivity index (χ3v) is 4.00. The number of nitrogens with zero attached hydrogens (tertiary/aromatic N) is 3. The molecule has 1 heterocycles. The summed E-state index contributed by atoms with van der Waals surface area (Å²) in [6, 6.07) is 1.13. The Morgan fingerprint density at radius 1 is 1.14 bits per heavy atom. The molecule has 1 fully saturated rings. The van der Waals surface area contributed by atoms with E-state index in [2.05, 4.69) is 47.9 Å². The highest BCUT2D eigenvalue weighted by atomic mass is 15.2. The van der Waals surface area contributed by atoms with E-state index < -0.39 is 0 Å². The van der Waals surface area contributed by atoms with E-state index in [1.54, 1.807) is 0 Å². The first kappa shape index (κ1) is 16.2. The number of hydrogen-bond donors (Lipinski definition) is 1. The number of rotatable bonds is 7. The van der Waals surface area contributed by atoms with Gasteiger partial charge in [-0.3, -0.25) is 4.98 Å². The summed E-state index contributed by atoms with van der Waals surface area (Å²) in [6.07, 6.45) is 9.17. The van der Waals surface area contributed by atoms with Crippen LogP contribution in [0, 0.1) is 5.92 Å². The van der Waals surface area contributed by atoms with Crippen LogP contribution in [0.5, 0.6) is 0 Å². The highest BCUT2D eigenvalue weighted by molar-refractivity contribution is 5.37. The largest absolute Gasteiger partial charge is 0.352 e. The Bertz CT molecular complexity index is 407. The van der Waals surface area contributed by atoms with Gasteiger partial charge in [-0.2, -0.15) is 0 Å². The summed E-state index contributed by atoms with van der Waals surface area (Å²) >= 11 is 0. The third-order valence-electron chi connectivity index (χ3n) is 4.00. The Labute approximate surface area is 129 Å². The molecule has 0 aromatic carbocycles. The molecule has 1 aliphatic carbocycles. The Morgan fingerprint density at radius 3 is 2.38 bits per heavy atom. The van der Waals surface area contributed by atoms with Gasteiger partial charge in [0.05, 0.1) is 18.1 Å². The lowest BCUT2D eigenvalue weighted by atomic mass is 10.1. The van der Waals surface area contributed by atoms with E-state index in [-0.39, 0.29) is 0 Å². The van der Waals surface area contributed by atoms with Gasteiger partial charge in [-0.05, 0) is 18.8 Å². The Balaban J connectivity index is 2.05. The van der Waals surface area contributed by atoms with Crippen LogP contribution in [0.15, 0.2) is 12.4 Å². The van der Waals surface area contributed by atoms with Gasteiger partial charge < -0.3 is 10.2 Å². The molecule has 1 aromatic rings. The van der Waals surface area contributed by atoms with Crippen molar-refractivity contribution in [1.82, 2.24) is 15.3 Å². The lowest BCUT2D eigenvalue weighted by Gasteiger charge is -2.31. The Hall–Kier alpha value is -1.16. The predicted octanol–water partition coefficient (Wildman–Crippen LogP) is 3.38. The highest BCUT2D eigenvalue weighted by Crippen LogP contribution is 2.27. The van der Waals surface area contributed by atoms with E-state index in [0.29, 0.717) is 18.0 Å². The lowest BCUT2D eigenvalue weighted by molar-refractivity contribution is 0.529. The van der Waals surface area contributed by atoms with Crippen LogP contribution in [0.2, 0.25) is 0 Å². The van der Waals surface area contributed by atoms with Crippen molar-refractivity contribution in [3.63, 3.8) is 0 Å². The van der Waals surface area contributed by atoms with Crippen molar-refractivity contribution in [2.24, 2.45) is 5.92 Å². The predicted molar refractivity (Wildman–Crippen MR) is 88.4 cm³/mol. The monoisotopic (exact) mass is 290 g/mol. The van der Waals surface area contributed by atoms with Crippen LogP contribution >= 0.6 is 0 Å². The molecule has 0 bridgehead atoms. The fourth-order valence-electron chi connectivity index (χ4n) is 2.94. The van der Waals surface area contributed by atoms with Crippen LogP contribution in [0.25, 0.3) is 0 Å². The molecule has 21 heavy (non-hydrogen) atoms. The van der Waals surface area contributed by atoms with E-state index >= 15 is 0 Å². The quantitative estimate of drug-likeness (QED) is 0.836. The molecule has 2 rings (SSSR count). The van der Waals surface area contributed by atoms with E-state index in [9.17, 15) is 0 Å². The van der Waals surface area contributed by atoms with Gasteiger partial charge in [-0.15, -0.1) is 0 Å². The number of aromatic nitrogens is 2. The molecule has 4 nitrogen and oxygen atoms in total. The summed E-state index contributed by atoms with van der Waals surface area (Å²) < 4.78 is 0. The van der Waals surface area contributed by atoms with Gasteiger partial charge in [0.25, 0.3) is 0 Å². The van der Waals surface area contributed by atoms with Gasteiger partial charge in [0.15, 0.2) is 0 Å². The molecule has 1 aromatic heterocycles. The van der Waals surface area contributed by atoms with Gasteiger partial charge in [0.1, 0.15) is 5.82 Å². The molecule has 118 valence electrons. The molecular weight excluding hydrogens is 260 g/mol. The normalized spacial score (nSPS) is 16.1. The second-order valence-corrected chi connectivity index (χ2v) is 6.89. The molecule has 0 unspecified atom stereocenters. The van der Waals surface area contributed by atoms with Crippen molar-refractivity contribution >= 4 is 5.82 Å². The van der Waals surface area contributed by atoms with Crippen LogP contribution in [0.1, 0.15) is 59.1 Å². The minimum absolute atomic E-state index is 0.474. The molecular formula is C17H30N4. The zero-order valence-corrected chi connectivity index (χ0v) is 14.0. The summed E-state index contributed by atoms with van der Waals surface area (Å²) in [7, 11) is 0. The lowest BCUT2D eigenvalue weighted by Crippen LogP contribution is -2.37. The first-order chi connectivity index (χ1) is 10.1. The van der Waals surface area contributed by atoms with Gasteiger partial charge in [-0.25, -0.2) is 4.98 Å². The SMILES string of the molecule is CC(C)CN(c1cnc(CNC(C)C)cn1)C1CCCC1. The summed E-state index contributed by atoms with van der Waals surface area (Å²) in [5, 5.41) is 3.38. The molecule has 0 saturated heterocycles. The maximum Gasteiger partial charge on any atom is 0.147 e. The summed E-state index contributed by atoms with van der Waals surface area (Å²) in [4.78, 5) is 11.7. The van der Waals surface area contributed by atoms with Crippen LogP contribution < -0.4 is 10.2 Å². The molecule has 0 spiro atoms. The first-order valence-electron chi connectivity index (χ1n) is 8.37. The van der Waals surface area contributed by atoms with Crippen molar-refractivity contribution in [2.45, 2.75) is 72.0 Å². The average Bonchev–Trinajstić information content (AvgIpc) is 2.97. The second kappa shape index (κ2) is 7.74. The zero-order valence-electron chi connectivity index (χ0n) is 14.0. The fraction of sp³-hybridized carbons (Fsp3) is 0.765. The standard InChI is InChI=1S/C17H30N4/c1-13(2)12-21(16-7-5-6-8-16)17-11-19-15(10-20-17)9-18-14(3)4/h10-11,13-14,16,18H,5-9,12H2,1-4H3. The van der Waals surface area contributed by atoms with Crippen molar-refractivity contribution in [2.75, 3.05) is 11.4 Å². The smallest absolute Gasteiger partial charge is 0.147 e. The first-order valence-corrected chi connectivity index (χ1v) is 8.37. The second-order valence-electron chi connectivity index (χ2n) is 6.89. The van der Waals surface area contributed by atoms with Crippen LogP contribution in [-0.4, -0.2) is 28.6 Å². The van der Waals surface area contributed by atoms with E-state index in [1.807, 2.05) is 12.4 Å². The van der Waals surface area contributed by atoms with Gasteiger partial charge in [0, 0.05) is 25.2 Å². The minimum atomic E-state index is 0.474. The maximum atomic E-state index is 4.68. The number of hydrogen-bond acceptors (Lipinski definition) is 4. The van der Waals surface area contributed by atoms with Gasteiger partial charge in [-0.1, -0.05) is 40.5 Å². The molecule has 1 N–H and O–H groups in total. The van der Waals surface area contributed by atoms with Crippen LogP contribution in [0.3, 0.4) is 0 Å². The Morgan fingerprint density at radius 2 is 1.86 bits per heavy atom. The van der Waals surface area contributed by atoms with Gasteiger partial charge >= 0.3 is 0 Å². The zero-order chi connectivity index (χ0) is 15.2. The molecule has 0 amide bonds. The minimum Gasteiger partial charge on any atom is -0.352 e. The fourth-order valence-corrected chi connectivity index (χ4v) is 2.94. The topological polar surface area (TPSA) is 41.1 Å². The number of anilines is 1. The third kappa shape index (κ3) is 4.95. The maximum absolute atomic E-state index is 4.68. The van der Waals surface area contributed by atoms with E-state index in [4.69, 9.17) is 0 Å². The Kier molecular flexibility index (Phi) is 5.97. The summed E-state index contributed by atoms with van der Waals surface area (Å²) in [6.45, 7) is 10.7. The van der Waals surface area contributed by atoms with Crippen LogP contribution in [0.4, 0.5) is 5.82 Å². The van der Waals surface area contributed by atoms with E-state index in [0.717, 1.165) is 24.6 Å².